The summed E-state index contributed by atoms with van der Waals surface area (Å²) in [6.45, 7) is 4.02. The lowest BCUT2D eigenvalue weighted by molar-refractivity contribution is -0.174. The zero-order valence-electron chi connectivity index (χ0n) is 17.5. The van der Waals surface area contributed by atoms with Crippen molar-refractivity contribution in [1.82, 2.24) is 0 Å². The summed E-state index contributed by atoms with van der Waals surface area (Å²) in [6.07, 6.45) is 7.59. The number of carboxylic acid groups (broad SMARTS) is 1. The van der Waals surface area contributed by atoms with E-state index in [-0.39, 0.29) is 46.2 Å². The summed E-state index contributed by atoms with van der Waals surface area (Å²) in [5, 5.41) is 31.7. The molecule has 3 N–H and O–H groups in total. The number of carboxylic acids is 1. The highest BCUT2D eigenvalue weighted by Crippen LogP contribution is 2.67. The molecule has 4 aliphatic carbocycles. The van der Waals surface area contributed by atoms with E-state index in [9.17, 15) is 24.6 Å². The maximum Gasteiger partial charge on any atom is 0.313 e. The highest BCUT2D eigenvalue weighted by atomic mass is 32.2. The number of hydrogen-bond donors (Lipinski definition) is 3. The maximum atomic E-state index is 13.0. The van der Waals surface area contributed by atoms with Crippen LogP contribution in [0.3, 0.4) is 0 Å². The molecule has 4 aliphatic rings. The SMILES string of the molecule is CC12C=CC(=O)C=C1CCC1C2C(O)CC2(C)C1CCC2(O)C(=O)CSCC(=O)O. The van der Waals surface area contributed by atoms with Gasteiger partial charge in [0.15, 0.2) is 11.6 Å². The van der Waals surface area contributed by atoms with Crippen LogP contribution in [0.4, 0.5) is 0 Å². The van der Waals surface area contributed by atoms with Crippen LogP contribution in [0.25, 0.3) is 0 Å². The summed E-state index contributed by atoms with van der Waals surface area (Å²) in [4.78, 5) is 35.7. The van der Waals surface area contributed by atoms with Crippen LogP contribution in [0.5, 0.6) is 0 Å². The number of aliphatic carboxylic acids is 1. The first-order chi connectivity index (χ1) is 14.0. The van der Waals surface area contributed by atoms with E-state index in [1.807, 2.05) is 13.0 Å². The van der Waals surface area contributed by atoms with E-state index >= 15 is 0 Å². The average Bonchev–Trinajstić information content (AvgIpc) is 2.93. The number of aliphatic hydroxyl groups is 2. The third-order valence-electron chi connectivity index (χ3n) is 8.57. The van der Waals surface area contributed by atoms with Crippen LogP contribution in [0.2, 0.25) is 0 Å². The molecule has 30 heavy (non-hydrogen) atoms. The molecule has 4 rings (SSSR count). The smallest absolute Gasteiger partial charge is 0.313 e. The van der Waals surface area contributed by atoms with Gasteiger partial charge >= 0.3 is 5.97 Å². The van der Waals surface area contributed by atoms with Crippen LogP contribution < -0.4 is 0 Å². The molecule has 3 fully saturated rings. The molecule has 3 saturated carbocycles. The van der Waals surface area contributed by atoms with Crippen LogP contribution in [-0.4, -0.2) is 56.1 Å². The molecule has 0 radical (unpaired) electrons. The molecule has 0 bridgehead atoms. The lowest BCUT2D eigenvalue weighted by atomic mass is 9.46. The van der Waals surface area contributed by atoms with E-state index in [4.69, 9.17) is 5.11 Å². The summed E-state index contributed by atoms with van der Waals surface area (Å²) in [7, 11) is 0. The van der Waals surface area contributed by atoms with Crippen molar-refractivity contribution in [2.24, 2.45) is 28.6 Å². The number of hydrogen-bond acceptors (Lipinski definition) is 6. The Kier molecular flexibility index (Phi) is 5.31. The van der Waals surface area contributed by atoms with Crippen LogP contribution in [0.15, 0.2) is 23.8 Å². The first kappa shape index (κ1) is 21.8. The minimum absolute atomic E-state index is 0.00392. The van der Waals surface area contributed by atoms with E-state index in [0.29, 0.717) is 19.3 Å². The molecular weight excluding hydrogens is 404 g/mol. The fourth-order valence-electron chi connectivity index (χ4n) is 7.14. The number of allylic oxidation sites excluding steroid dienone is 4. The Morgan fingerprint density at radius 1 is 1.23 bits per heavy atom. The Labute approximate surface area is 180 Å². The Bertz CT molecular complexity index is 849. The topological polar surface area (TPSA) is 112 Å². The maximum absolute atomic E-state index is 13.0. The fraction of sp³-hybridized carbons (Fsp3) is 0.696. The number of thioether (sulfide) groups is 1. The van der Waals surface area contributed by atoms with Gasteiger partial charge in [-0.1, -0.05) is 25.5 Å². The van der Waals surface area contributed by atoms with Gasteiger partial charge in [0.05, 0.1) is 17.6 Å². The van der Waals surface area contributed by atoms with Crippen LogP contribution in [0.1, 0.15) is 46.0 Å². The molecule has 7 unspecified atom stereocenters. The molecule has 0 aromatic carbocycles. The molecule has 0 aliphatic heterocycles. The molecule has 164 valence electrons. The lowest BCUT2D eigenvalue weighted by Crippen LogP contribution is -2.61. The summed E-state index contributed by atoms with van der Waals surface area (Å²) in [5.74, 6) is -1.30. The summed E-state index contributed by atoms with van der Waals surface area (Å²) in [5.41, 5.74) is -1.57. The lowest BCUT2D eigenvalue weighted by Gasteiger charge is -2.59. The second-order valence-corrected chi connectivity index (χ2v) is 10.9. The highest BCUT2D eigenvalue weighted by molar-refractivity contribution is 8.00. The van der Waals surface area contributed by atoms with Crippen molar-refractivity contribution in [3.8, 4) is 0 Å². The third kappa shape index (κ3) is 3.04. The minimum Gasteiger partial charge on any atom is -0.481 e. The van der Waals surface area contributed by atoms with Gasteiger partial charge in [-0.2, -0.15) is 0 Å². The third-order valence-corrected chi connectivity index (χ3v) is 9.49. The molecule has 0 heterocycles. The first-order valence-corrected chi connectivity index (χ1v) is 11.9. The summed E-state index contributed by atoms with van der Waals surface area (Å²) >= 11 is 1.01. The zero-order valence-corrected chi connectivity index (χ0v) is 18.3. The molecule has 6 nitrogen and oxygen atoms in total. The Morgan fingerprint density at radius 3 is 2.67 bits per heavy atom. The van der Waals surface area contributed by atoms with Crippen molar-refractivity contribution >= 4 is 29.3 Å². The van der Waals surface area contributed by atoms with E-state index in [0.717, 1.165) is 30.2 Å². The number of carbonyl (C=O) groups is 3. The molecular formula is C23H30O6S. The van der Waals surface area contributed by atoms with E-state index in [2.05, 4.69) is 6.92 Å². The predicted octanol–water partition coefficient (Wildman–Crippen LogP) is 2.38. The van der Waals surface area contributed by atoms with Gasteiger partial charge in [-0.25, -0.2) is 0 Å². The van der Waals surface area contributed by atoms with Gasteiger partial charge in [0.25, 0.3) is 0 Å². The van der Waals surface area contributed by atoms with Crippen LogP contribution in [0, 0.1) is 28.6 Å². The second kappa shape index (κ2) is 7.31. The van der Waals surface area contributed by atoms with E-state index in [1.54, 1.807) is 12.2 Å². The number of ketones is 2. The molecule has 0 spiro atoms. The van der Waals surface area contributed by atoms with Gasteiger partial charge in [-0.3, -0.25) is 14.4 Å². The van der Waals surface area contributed by atoms with E-state index in [1.165, 1.54) is 0 Å². The molecule has 0 aromatic heterocycles. The van der Waals surface area contributed by atoms with Crippen molar-refractivity contribution in [2.45, 2.75) is 57.7 Å². The first-order valence-electron chi connectivity index (χ1n) is 10.7. The molecule has 7 heteroatoms. The van der Waals surface area contributed by atoms with E-state index < -0.39 is 23.1 Å². The largest absolute Gasteiger partial charge is 0.481 e. The van der Waals surface area contributed by atoms with Gasteiger partial charge in [0.2, 0.25) is 0 Å². The summed E-state index contributed by atoms with van der Waals surface area (Å²) in [6, 6.07) is 0. The van der Waals surface area contributed by atoms with Gasteiger partial charge in [-0.15, -0.1) is 11.8 Å². The number of aliphatic hydroxyl groups excluding tert-OH is 1. The quantitative estimate of drug-likeness (QED) is 0.609. The Hall–Kier alpha value is -1.44. The fourth-order valence-corrected chi connectivity index (χ4v) is 7.84. The molecule has 0 amide bonds. The normalized spacial score (nSPS) is 44.7. The number of Topliss-reactive ketones (excluding diaryl/α,β-unsaturated/α-hetero) is 1. The van der Waals surface area contributed by atoms with Gasteiger partial charge in [-0.05, 0) is 56.1 Å². The number of fused-ring (bicyclic) bond motifs is 5. The van der Waals surface area contributed by atoms with Crippen molar-refractivity contribution in [2.75, 3.05) is 11.5 Å². The average molecular weight is 435 g/mol. The monoisotopic (exact) mass is 434 g/mol. The van der Waals surface area contributed by atoms with Gasteiger partial charge in [0.1, 0.15) is 5.60 Å². The molecule has 0 aromatic rings. The van der Waals surface area contributed by atoms with Gasteiger partial charge < -0.3 is 15.3 Å². The highest BCUT2D eigenvalue weighted by Gasteiger charge is 2.67. The Balaban J connectivity index is 1.62. The predicted molar refractivity (Wildman–Crippen MR) is 113 cm³/mol. The number of carbonyl (C=O) groups excluding carboxylic acids is 2. The summed E-state index contributed by atoms with van der Waals surface area (Å²) < 4.78 is 0. The van der Waals surface area contributed by atoms with Gasteiger partial charge in [0, 0.05) is 16.7 Å². The van der Waals surface area contributed by atoms with Crippen LogP contribution in [-0.2, 0) is 14.4 Å². The van der Waals surface area contributed by atoms with Crippen molar-refractivity contribution in [3.05, 3.63) is 23.8 Å². The van der Waals surface area contributed by atoms with Crippen molar-refractivity contribution in [3.63, 3.8) is 0 Å². The number of rotatable bonds is 5. The van der Waals surface area contributed by atoms with Crippen molar-refractivity contribution < 1.29 is 29.7 Å². The standard InChI is InChI=1S/C23H30O6S/c1-21-7-5-14(24)9-13(21)3-4-15-16-6-8-23(29,18(26)11-30-12-19(27)28)22(16,2)10-17(25)20(15)21/h5,7,9,15-17,20,25,29H,3-4,6,8,10-12H2,1-2H3,(H,27,28). The van der Waals surface area contributed by atoms with Crippen molar-refractivity contribution in [1.29, 1.82) is 0 Å². The Morgan fingerprint density at radius 2 is 1.97 bits per heavy atom. The zero-order chi connectivity index (χ0) is 21.9. The second-order valence-electron chi connectivity index (χ2n) is 9.92. The minimum atomic E-state index is -1.54. The molecule has 0 saturated heterocycles. The van der Waals surface area contributed by atoms with Crippen LogP contribution >= 0.6 is 11.8 Å². The molecule has 7 atom stereocenters.